The van der Waals surface area contributed by atoms with E-state index in [2.05, 4.69) is 60.3 Å². The highest BCUT2D eigenvalue weighted by Gasteiger charge is 2.70. The zero-order valence-electron chi connectivity index (χ0n) is 30.8. The molecule has 6 aliphatic carbocycles. The maximum Gasteiger partial charge on any atom is 0.315 e. The van der Waals surface area contributed by atoms with Crippen LogP contribution in [0.25, 0.3) is 0 Å². The molecule has 48 heavy (non-hydrogen) atoms. The minimum Gasteiger partial charge on any atom is -0.460 e. The van der Waals surface area contributed by atoms with Crippen LogP contribution < -0.4 is 5.73 Å². The molecule has 0 aromatic heterocycles. The van der Waals surface area contributed by atoms with Gasteiger partial charge in [0.1, 0.15) is 13.3 Å². The lowest BCUT2D eigenvalue weighted by atomic mass is 9.33. The molecule has 0 saturated heterocycles. The van der Waals surface area contributed by atoms with E-state index < -0.39 is 18.1 Å². The van der Waals surface area contributed by atoms with Crippen LogP contribution in [-0.4, -0.2) is 18.2 Å². The molecule has 0 spiro atoms. The molecule has 3 unspecified atom stereocenters. The molecular formula is C44H62FNO2. The van der Waals surface area contributed by atoms with Gasteiger partial charge < -0.3 is 10.5 Å². The molecule has 1 aromatic carbocycles. The van der Waals surface area contributed by atoms with Gasteiger partial charge in [-0.3, -0.25) is 4.79 Å². The summed E-state index contributed by atoms with van der Waals surface area (Å²) in [6, 6.07) is 9.68. The second-order valence-electron chi connectivity index (χ2n) is 18.9. The third-order valence-electron chi connectivity index (χ3n) is 16.6. The van der Waals surface area contributed by atoms with Gasteiger partial charge in [-0.1, -0.05) is 89.3 Å². The molecule has 10 atom stereocenters. The summed E-state index contributed by atoms with van der Waals surface area (Å²) in [5, 5.41) is 0. The van der Waals surface area contributed by atoms with E-state index in [9.17, 15) is 9.18 Å². The summed E-state index contributed by atoms with van der Waals surface area (Å²) < 4.78 is 20.3. The van der Waals surface area contributed by atoms with Gasteiger partial charge in [-0.05, 0) is 152 Å². The number of rotatable bonds is 6. The largest absolute Gasteiger partial charge is 0.460 e. The lowest BCUT2D eigenvalue weighted by molar-refractivity contribution is -0.219. The van der Waals surface area contributed by atoms with Gasteiger partial charge in [0.25, 0.3) is 0 Å². The van der Waals surface area contributed by atoms with Crippen LogP contribution >= 0.6 is 0 Å². The molecule has 262 valence electrons. The molecule has 6 aliphatic rings. The van der Waals surface area contributed by atoms with Crippen LogP contribution in [0.2, 0.25) is 0 Å². The third-order valence-corrected chi connectivity index (χ3v) is 16.6. The number of carbonyl (C=O) groups is 1. The lowest BCUT2D eigenvalue weighted by Crippen LogP contribution is -2.67. The number of alkyl halides is 1. The Labute approximate surface area is 290 Å². The Morgan fingerprint density at radius 3 is 2.31 bits per heavy atom. The van der Waals surface area contributed by atoms with Gasteiger partial charge in [-0.2, -0.15) is 0 Å². The number of allylic oxidation sites excluding steroid dienone is 5. The number of nitrogens with two attached hydrogens (primary N) is 1. The van der Waals surface area contributed by atoms with Crippen molar-refractivity contribution in [2.45, 2.75) is 131 Å². The summed E-state index contributed by atoms with van der Waals surface area (Å²) in [7, 11) is 0. The molecule has 7 rings (SSSR count). The number of ether oxygens (including phenoxy) is 1. The minimum atomic E-state index is -1.07. The average molecular weight is 656 g/mol. The van der Waals surface area contributed by atoms with Crippen molar-refractivity contribution in [2.75, 3.05) is 6.67 Å². The quantitative estimate of drug-likeness (QED) is 0.245. The Kier molecular flexibility index (Phi) is 8.33. The van der Waals surface area contributed by atoms with E-state index in [1.165, 1.54) is 68.1 Å². The fourth-order valence-electron chi connectivity index (χ4n) is 13.7. The highest BCUT2D eigenvalue weighted by molar-refractivity contribution is 5.78. The maximum absolute atomic E-state index is 14.6. The third kappa shape index (κ3) is 4.84. The molecule has 0 bridgehead atoms. The summed E-state index contributed by atoms with van der Waals surface area (Å²) in [6.07, 6.45) is 17.5. The van der Waals surface area contributed by atoms with Crippen LogP contribution in [-0.2, 0) is 16.1 Å². The first-order valence-corrected chi connectivity index (χ1v) is 19.3. The van der Waals surface area contributed by atoms with Gasteiger partial charge in [0, 0.05) is 5.54 Å². The fraction of sp³-hybridized carbons (Fsp3) is 0.705. The molecule has 4 saturated carbocycles. The van der Waals surface area contributed by atoms with Crippen molar-refractivity contribution in [3.05, 3.63) is 71.3 Å². The predicted octanol–water partition coefficient (Wildman–Crippen LogP) is 10.7. The Bertz CT molecular complexity index is 1510. The van der Waals surface area contributed by atoms with Crippen molar-refractivity contribution < 1.29 is 13.9 Å². The van der Waals surface area contributed by atoms with Crippen molar-refractivity contribution in [1.82, 2.24) is 0 Å². The normalized spacial score (nSPS) is 44.6. The Balaban J connectivity index is 1.12. The first-order valence-electron chi connectivity index (χ1n) is 19.3. The summed E-state index contributed by atoms with van der Waals surface area (Å²) >= 11 is 0. The van der Waals surface area contributed by atoms with Gasteiger partial charge in [0.05, 0.1) is 5.41 Å². The van der Waals surface area contributed by atoms with Crippen molar-refractivity contribution in [3.8, 4) is 0 Å². The summed E-state index contributed by atoms with van der Waals surface area (Å²) in [5.74, 6) is 2.74. The van der Waals surface area contributed by atoms with Crippen molar-refractivity contribution in [2.24, 2.45) is 62.4 Å². The van der Waals surface area contributed by atoms with Crippen LogP contribution in [0.4, 0.5) is 4.39 Å². The van der Waals surface area contributed by atoms with Crippen molar-refractivity contribution >= 4 is 5.97 Å². The zero-order valence-corrected chi connectivity index (χ0v) is 30.8. The van der Waals surface area contributed by atoms with E-state index >= 15 is 0 Å². The molecule has 0 amide bonds. The molecule has 0 aliphatic heterocycles. The lowest BCUT2D eigenvalue weighted by Gasteiger charge is -2.72. The van der Waals surface area contributed by atoms with E-state index in [4.69, 9.17) is 10.5 Å². The minimum absolute atomic E-state index is 0.00531. The highest BCUT2D eigenvalue weighted by Crippen LogP contribution is 2.76. The molecule has 4 fully saturated rings. The zero-order chi connectivity index (χ0) is 34.3. The Morgan fingerprint density at radius 1 is 0.896 bits per heavy atom. The number of carbonyl (C=O) groups excluding carboxylic acids is 1. The van der Waals surface area contributed by atoms with E-state index in [-0.39, 0.29) is 23.0 Å². The van der Waals surface area contributed by atoms with Crippen LogP contribution in [0.15, 0.2) is 65.8 Å². The number of hydrogen-bond acceptors (Lipinski definition) is 3. The van der Waals surface area contributed by atoms with Gasteiger partial charge >= 0.3 is 5.97 Å². The summed E-state index contributed by atoms with van der Waals surface area (Å²) in [6.45, 7) is 19.3. The predicted molar refractivity (Wildman–Crippen MR) is 194 cm³/mol. The van der Waals surface area contributed by atoms with Crippen LogP contribution in [0.1, 0.15) is 124 Å². The topological polar surface area (TPSA) is 52.3 Å². The van der Waals surface area contributed by atoms with Gasteiger partial charge in [-0.25, -0.2) is 4.39 Å². The van der Waals surface area contributed by atoms with Crippen LogP contribution in [0, 0.1) is 56.7 Å². The molecule has 4 heteroatoms. The molecule has 0 heterocycles. The van der Waals surface area contributed by atoms with Crippen LogP contribution in [0.3, 0.4) is 0 Å². The first-order chi connectivity index (χ1) is 22.7. The van der Waals surface area contributed by atoms with Gasteiger partial charge in [0.2, 0.25) is 0 Å². The van der Waals surface area contributed by atoms with E-state index in [0.717, 1.165) is 18.4 Å². The second-order valence-corrected chi connectivity index (χ2v) is 18.9. The molecular weight excluding hydrogens is 593 g/mol. The Hall–Kier alpha value is -2.20. The second kappa shape index (κ2) is 11.7. The molecule has 3 nitrogen and oxygen atoms in total. The van der Waals surface area contributed by atoms with E-state index in [0.29, 0.717) is 53.3 Å². The molecule has 1 aromatic rings. The number of esters is 1. The number of benzene rings is 1. The van der Waals surface area contributed by atoms with Gasteiger partial charge in [0.15, 0.2) is 0 Å². The smallest absolute Gasteiger partial charge is 0.315 e. The maximum atomic E-state index is 14.6. The summed E-state index contributed by atoms with van der Waals surface area (Å²) in [5.41, 5.74) is 12.2. The van der Waals surface area contributed by atoms with Crippen LogP contribution in [0.5, 0.6) is 0 Å². The molecule has 2 N–H and O–H groups in total. The summed E-state index contributed by atoms with van der Waals surface area (Å²) in [4.78, 5) is 13.3. The van der Waals surface area contributed by atoms with Crippen molar-refractivity contribution in [1.29, 1.82) is 0 Å². The fourth-order valence-corrected chi connectivity index (χ4v) is 13.7. The number of fused-ring (bicyclic) bond motifs is 7. The molecule has 0 radical (unpaired) electrons. The monoisotopic (exact) mass is 655 g/mol. The first kappa shape index (κ1) is 34.3. The number of halogens is 1. The Morgan fingerprint density at radius 2 is 1.65 bits per heavy atom. The van der Waals surface area contributed by atoms with E-state index in [1.54, 1.807) is 0 Å². The van der Waals surface area contributed by atoms with E-state index in [1.807, 2.05) is 30.3 Å². The highest BCUT2D eigenvalue weighted by atomic mass is 19.1. The number of hydrogen-bond donors (Lipinski definition) is 1. The van der Waals surface area contributed by atoms with Crippen molar-refractivity contribution in [3.63, 3.8) is 0 Å². The average Bonchev–Trinajstić information content (AvgIpc) is 3.42. The SMILES string of the molecule is C=C(C)C1CC[C@]2(N)CC[C@]3(C)[C@H](CCC4[C@@]5(C)CC=C(C6=CC[C@](CF)(C(=O)OCc7ccccc7)CC6)C(C)(C)C5CC[C@]43C)[C@H]12. The standard InChI is InChI=1S/C44H62FNO2/c1-29(2)32-17-24-44(46)26-25-41(6)34(37(32)44)13-14-36-40(5)20-18-33(39(3,4)35(40)19-21-42(36,41)7)31-15-22-43(28-45,23-16-31)38(47)48-27-30-11-9-8-10-12-30/h8-12,15,18,32,34-37H,1,13-14,16-17,19-28,46H2,2-7H3/t32?,34-,35?,36?,37+,40+,41-,42-,43+,44+/m1/s1. The van der Waals surface area contributed by atoms with Gasteiger partial charge in [-0.15, -0.1) is 0 Å².